The van der Waals surface area contributed by atoms with Gasteiger partial charge in [-0.05, 0) is 43.0 Å². The molecule has 0 aliphatic heterocycles. The van der Waals surface area contributed by atoms with E-state index >= 15 is 0 Å². The summed E-state index contributed by atoms with van der Waals surface area (Å²) in [4.78, 5) is 0. The first kappa shape index (κ1) is 11.2. The Balaban J connectivity index is 3.19. The van der Waals surface area contributed by atoms with Crippen LogP contribution in [-0.4, -0.2) is 0 Å². The highest BCUT2D eigenvalue weighted by atomic mass is 79.9. The first-order valence-corrected chi connectivity index (χ1v) is 5.18. The third-order valence-corrected chi connectivity index (χ3v) is 3.19. The van der Waals surface area contributed by atoms with Crippen LogP contribution in [0, 0.1) is 31.0 Å². The van der Waals surface area contributed by atoms with E-state index in [0.717, 1.165) is 15.6 Å². The highest BCUT2D eigenvalue weighted by molar-refractivity contribution is 9.10. The van der Waals surface area contributed by atoms with E-state index < -0.39 is 0 Å². The molecule has 0 N–H and O–H groups in total. The quantitative estimate of drug-likeness (QED) is 0.792. The smallest absolute Gasteiger partial charge is 0.127 e. The van der Waals surface area contributed by atoms with Gasteiger partial charge in [0.05, 0.1) is 6.07 Å². The molecule has 0 bridgehead atoms. The van der Waals surface area contributed by atoms with E-state index in [1.54, 1.807) is 6.92 Å². The molecule has 0 amide bonds. The van der Waals surface area contributed by atoms with Crippen molar-refractivity contribution in [2.75, 3.05) is 0 Å². The third-order valence-electron chi connectivity index (χ3n) is 2.36. The Morgan fingerprint density at radius 1 is 1.43 bits per heavy atom. The van der Waals surface area contributed by atoms with Crippen LogP contribution in [0.5, 0.6) is 0 Å². The van der Waals surface area contributed by atoms with Crippen LogP contribution in [0.3, 0.4) is 0 Å². The van der Waals surface area contributed by atoms with Gasteiger partial charge >= 0.3 is 0 Å². The molecule has 1 rings (SSSR count). The third kappa shape index (κ3) is 2.13. The van der Waals surface area contributed by atoms with Crippen LogP contribution in [-0.2, 0) is 6.42 Å². The summed E-state index contributed by atoms with van der Waals surface area (Å²) in [6.45, 7) is 3.69. The molecule has 0 aliphatic carbocycles. The average Bonchev–Trinajstić information content (AvgIpc) is 2.15. The van der Waals surface area contributed by atoms with Crippen LogP contribution in [0.25, 0.3) is 0 Å². The maximum atomic E-state index is 13.3. The molecule has 0 heterocycles. The number of hydrogen-bond donors (Lipinski definition) is 0. The van der Waals surface area contributed by atoms with Crippen molar-refractivity contribution in [1.29, 1.82) is 5.26 Å². The molecule has 3 heteroatoms. The molecule has 0 radical (unpaired) electrons. The van der Waals surface area contributed by atoms with Crippen molar-refractivity contribution in [3.63, 3.8) is 0 Å². The fourth-order valence-electron chi connectivity index (χ4n) is 1.45. The van der Waals surface area contributed by atoms with Gasteiger partial charge in [-0.2, -0.15) is 5.26 Å². The van der Waals surface area contributed by atoms with Crippen LogP contribution >= 0.6 is 15.9 Å². The predicted octanol–water partition coefficient (Wildman–Crippen LogP) is 3.66. The second-order valence-electron chi connectivity index (χ2n) is 3.23. The van der Waals surface area contributed by atoms with Gasteiger partial charge < -0.3 is 0 Å². The minimum Gasteiger partial charge on any atom is -0.207 e. The largest absolute Gasteiger partial charge is 0.207 e. The molecule has 0 aromatic heterocycles. The number of rotatable bonds is 2. The van der Waals surface area contributed by atoms with Crippen molar-refractivity contribution in [3.8, 4) is 6.07 Å². The van der Waals surface area contributed by atoms with Crippen LogP contribution in [0.4, 0.5) is 4.39 Å². The lowest BCUT2D eigenvalue weighted by atomic mass is 9.98. The van der Waals surface area contributed by atoms with E-state index in [1.165, 1.54) is 6.07 Å². The van der Waals surface area contributed by atoms with Gasteiger partial charge in [-0.15, -0.1) is 0 Å². The molecular formula is C11H11BrFN. The Labute approximate surface area is 91.7 Å². The van der Waals surface area contributed by atoms with E-state index in [2.05, 4.69) is 22.0 Å². The fraction of sp³-hybridized carbons (Fsp3) is 0.364. The number of nitriles is 1. The molecule has 1 aromatic rings. The van der Waals surface area contributed by atoms with Crippen LogP contribution in [0.1, 0.15) is 23.1 Å². The zero-order chi connectivity index (χ0) is 10.7. The molecule has 0 unspecified atom stereocenters. The monoisotopic (exact) mass is 255 g/mol. The highest BCUT2D eigenvalue weighted by Crippen LogP contribution is 2.26. The van der Waals surface area contributed by atoms with E-state index in [9.17, 15) is 4.39 Å². The second kappa shape index (κ2) is 4.56. The van der Waals surface area contributed by atoms with Crippen molar-refractivity contribution in [2.45, 2.75) is 26.7 Å². The lowest BCUT2D eigenvalue weighted by Crippen LogP contribution is -1.98. The average molecular weight is 256 g/mol. The minimum atomic E-state index is -0.213. The number of nitrogens with zero attached hydrogens (tertiary/aromatic N) is 1. The number of halogens is 2. The van der Waals surface area contributed by atoms with Crippen LogP contribution < -0.4 is 0 Å². The molecule has 0 spiro atoms. The summed E-state index contributed by atoms with van der Waals surface area (Å²) in [5, 5.41) is 8.49. The van der Waals surface area contributed by atoms with Crippen molar-refractivity contribution < 1.29 is 4.39 Å². The maximum Gasteiger partial charge on any atom is 0.127 e. The van der Waals surface area contributed by atoms with Crippen LogP contribution in [0.15, 0.2) is 10.5 Å². The Morgan fingerprint density at radius 2 is 2.07 bits per heavy atom. The van der Waals surface area contributed by atoms with Gasteiger partial charge in [0.15, 0.2) is 0 Å². The molecule has 0 aliphatic rings. The lowest BCUT2D eigenvalue weighted by Gasteiger charge is -2.10. The molecular weight excluding hydrogens is 245 g/mol. The fourth-order valence-corrected chi connectivity index (χ4v) is 1.89. The van der Waals surface area contributed by atoms with Gasteiger partial charge in [0, 0.05) is 10.9 Å². The lowest BCUT2D eigenvalue weighted by molar-refractivity contribution is 0.613. The second-order valence-corrected chi connectivity index (χ2v) is 4.08. The molecule has 1 nitrogen and oxygen atoms in total. The molecule has 0 atom stereocenters. The summed E-state index contributed by atoms with van der Waals surface area (Å²) < 4.78 is 14.1. The normalized spacial score (nSPS) is 9.93. The standard InChI is InChI=1S/C11H11BrFN/c1-7-9(4-3-5-14)8(2)11(13)6-10(7)12/h6H,3-4H2,1-2H3. The molecule has 0 saturated carbocycles. The number of hydrogen-bond acceptors (Lipinski definition) is 1. The zero-order valence-corrected chi connectivity index (χ0v) is 9.78. The van der Waals surface area contributed by atoms with Gasteiger partial charge in [0.2, 0.25) is 0 Å². The van der Waals surface area contributed by atoms with Crippen molar-refractivity contribution >= 4 is 15.9 Å². The van der Waals surface area contributed by atoms with Crippen LogP contribution in [0.2, 0.25) is 0 Å². The van der Waals surface area contributed by atoms with Crippen molar-refractivity contribution in [2.24, 2.45) is 0 Å². The van der Waals surface area contributed by atoms with E-state index in [-0.39, 0.29) is 5.82 Å². The van der Waals surface area contributed by atoms with Gasteiger partial charge in [-0.25, -0.2) is 4.39 Å². The molecule has 14 heavy (non-hydrogen) atoms. The first-order valence-electron chi connectivity index (χ1n) is 4.39. The molecule has 1 aromatic carbocycles. The molecule has 74 valence electrons. The van der Waals surface area contributed by atoms with Gasteiger partial charge in [-0.3, -0.25) is 0 Å². The SMILES string of the molecule is Cc1c(F)cc(Br)c(C)c1CCC#N. The van der Waals surface area contributed by atoms with E-state index in [4.69, 9.17) is 5.26 Å². The van der Waals surface area contributed by atoms with Gasteiger partial charge in [-0.1, -0.05) is 15.9 Å². The minimum absolute atomic E-state index is 0.213. The summed E-state index contributed by atoms with van der Waals surface area (Å²) in [6.07, 6.45) is 1.04. The Bertz CT molecular complexity index is 367. The topological polar surface area (TPSA) is 23.8 Å². The number of benzene rings is 1. The Kier molecular flexibility index (Phi) is 3.65. The summed E-state index contributed by atoms with van der Waals surface area (Å²) in [5.41, 5.74) is 2.62. The molecule has 0 saturated heterocycles. The first-order chi connectivity index (χ1) is 6.57. The van der Waals surface area contributed by atoms with E-state index in [1.807, 2.05) is 6.92 Å². The van der Waals surface area contributed by atoms with Gasteiger partial charge in [0.25, 0.3) is 0 Å². The zero-order valence-electron chi connectivity index (χ0n) is 8.19. The summed E-state index contributed by atoms with van der Waals surface area (Å²) in [5.74, 6) is -0.213. The summed E-state index contributed by atoms with van der Waals surface area (Å²) in [6, 6.07) is 3.54. The summed E-state index contributed by atoms with van der Waals surface area (Å²) >= 11 is 3.30. The maximum absolute atomic E-state index is 13.3. The van der Waals surface area contributed by atoms with Crippen molar-refractivity contribution in [3.05, 3.63) is 33.0 Å². The summed E-state index contributed by atoms with van der Waals surface area (Å²) in [7, 11) is 0. The highest BCUT2D eigenvalue weighted by Gasteiger charge is 2.10. The van der Waals surface area contributed by atoms with Crippen molar-refractivity contribution in [1.82, 2.24) is 0 Å². The Hall–Kier alpha value is -0.880. The molecule has 0 fully saturated rings. The predicted molar refractivity (Wildman–Crippen MR) is 57.5 cm³/mol. The van der Waals surface area contributed by atoms with E-state index in [0.29, 0.717) is 18.4 Å². The van der Waals surface area contributed by atoms with Gasteiger partial charge in [0.1, 0.15) is 5.82 Å². The Morgan fingerprint density at radius 3 is 2.64 bits per heavy atom.